The van der Waals surface area contributed by atoms with Gasteiger partial charge < -0.3 is 10.2 Å². The fourth-order valence-corrected chi connectivity index (χ4v) is 3.75. The van der Waals surface area contributed by atoms with Crippen LogP contribution in [0.15, 0.2) is 65.1 Å². The van der Waals surface area contributed by atoms with Gasteiger partial charge in [-0.25, -0.2) is 4.98 Å². The maximum atomic E-state index is 12.6. The number of halogens is 1. The van der Waals surface area contributed by atoms with Crippen LogP contribution < -0.4 is 5.32 Å². The number of rotatable bonds is 3. The van der Waals surface area contributed by atoms with Crippen LogP contribution in [0.1, 0.15) is 23.2 Å². The molecule has 1 saturated heterocycles. The van der Waals surface area contributed by atoms with E-state index in [1.165, 1.54) is 0 Å². The Balaban J connectivity index is 1.35. The zero-order valence-corrected chi connectivity index (χ0v) is 16.9. The zero-order chi connectivity index (χ0) is 19.5. The summed E-state index contributed by atoms with van der Waals surface area (Å²) in [5.41, 5.74) is 1.53. The topological polar surface area (TPSA) is 62.3 Å². The SMILES string of the molecule is O=C(Nc1ccc2ccccc2n1)C1CCN(C(=O)c2ccc(Br)cc2)CC1. The molecule has 0 unspecified atom stereocenters. The van der Waals surface area contributed by atoms with E-state index in [4.69, 9.17) is 0 Å². The Hall–Kier alpha value is -2.73. The largest absolute Gasteiger partial charge is 0.339 e. The molecule has 0 aliphatic carbocycles. The van der Waals surface area contributed by atoms with E-state index in [9.17, 15) is 9.59 Å². The second-order valence-corrected chi connectivity index (χ2v) is 7.87. The first-order valence-electron chi connectivity index (χ1n) is 9.32. The van der Waals surface area contributed by atoms with E-state index in [1.54, 1.807) is 0 Å². The number of amides is 2. The lowest BCUT2D eigenvalue weighted by Crippen LogP contribution is -2.41. The van der Waals surface area contributed by atoms with Gasteiger partial charge in [0.1, 0.15) is 5.82 Å². The van der Waals surface area contributed by atoms with Crippen LogP contribution in [0, 0.1) is 5.92 Å². The van der Waals surface area contributed by atoms with Crippen molar-refractivity contribution in [3.8, 4) is 0 Å². The van der Waals surface area contributed by atoms with E-state index in [0.717, 1.165) is 15.4 Å². The number of nitrogens with zero attached hydrogens (tertiary/aromatic N) is 2. The van der Waals surface area contributed by atoms with Crippen molar-refractivity contribution in [3.63, 3.8) is 0 Å². The number of pyridine rings is 1. The van der Waals surface area contributed by atoms with Gasteiger partial charge in [-0.2, -0.15) is 0 Å². The second kappa shape index (κ2) is 8.10. The molecule has 1 aromatic heterocycles. The molecule has 3 aromatic rings. The summed E-state index contributed by atoms with van der Waals surface area (Å²) in [7, 11) is 0. The van der Waals surface area contributed by atoms with Crippen molar-refractivity contribution >= 4 is 44.5 Å². The Bertz CT molecular complexity index is 1010. The molecule has 0 spiro atoms. The molecule has 4 rings (SSSR count). The van der Waals surface area contributed by atoms with Crippen LogP contribution in [-0.2, 0) is 4.79 Å². The van der Waals surface area contributed by atoms with Crippen molar-refractivity contribution in [3.05, 3.63) is 70.7 Å². The summed E-state index contributed by atoms with van der Waals surface area (Å²) < 4.78 is 0.946. The highest BCUT2D eigenvalue weighted by Crippen LogP contribution is 2.22. The number of carbonyl (C=O) groups excluding carboxylic acids is 2. The molecule has 2 amide bonds. The third-order valence-electron chi connectivity index (χ3n) is 5.09. The van der Waals surface area contributed by atoms with Crippen molar-refractivity contribution in [1.82, 2.24) is 9.88 Å². The van der Waals surface area contributed by atoms with E-state index >= 15 is 0 Å². The molecule has 0 atom stereocenters. The normalized spacial score (nSPS) is 14.8. The minimum Gasteiger partial charge on any atom is -0.339 e. The lowest BCUT2D eigenvalue weighted by molar-refractivity contribution is -0.121. The van der Waals surface area contributed by atoms with Crippen molar-refractivity contribution in [2.24, 2.45) is 5.92 Å². The number of para-hydroxylation sites is 1. The summed E-state index contributed by atoms with van der Waals surface area (Å²) in [4.78, 5) is 31.6. The Kier molecular flexibility index (Phi) is 5.39. The second-order valence-electron chi connectivity index (χ2n) is 6.95. The first-order chi connectivity index (χ1) is 13.6. The van der Waals surface area contributed by atoms with Crippen LogP contribution >= 0.6 is 15.9 Å². The van der Waals surface area contributed by atoms with Gasteiger partial charge in [-0.3, -0.25) is 9.59 Å². The smallest absolute Gasteiger partial charge is 0.253 e. The maximum Gasteiger partial charge on any atom is 0.253 e. The van der Waals surface area contributed by atoms with Gasteiger partial charge in [0, 0.05) is 34.4 Å². The van der Waals surface area contributed by atoms with Crippen LogP contribution in [0.3, 0.4) is 0 Å². The molecule has 0 radical (unpaired) electrons. The average Bonchev–Trinajstić information content (AvgIpc) is 2.74. The van der Waals surface area contributed by atoms with Gasteiger partial charge in [0.2, 0.25) is 5.91 Å². The molecule has 5 nitrogen and oxygen atoms in total. The maximum absolute atomic E-state index is 12.6. The van der Waals surface area contributed by atoms with E-state index in [-0.39, 0.29) is 17.7 Å². The number of benzene rings is 2. The summed E-state index contributed by atoms with van der Waals surface area (Å²) in [5, 5.41) is 3.97. The van der Waals surface area contributed by atoms with Gasteiger partial charge in [-0.15, -0.1) is 0 Å². The molecular formula is C22H20BrN3O2. The van der Waals surface area contributed by atoms with Crippen LogP contribution in [0.2, 0.25) is 0 Å². The minimum absolute atomic E-state index is 0.0163. The third-order valence-corrected chi connectivity index (χ3v) is 5.62. The quantitative estimate of drug-likeness (QED) is 0.656. The molecule has 1 aliphatic rings. The highest BCUT2D eigenvalue weighted by atomic mass is 79.9. The van der Waals surface area contributed by atoms with E-state index in [2.05, 4.69) is 26.2 Å². The molecule has 1 aliphatic heterocycles. The number of likely N-dealkylation sites (tertiary alicyclic amines) is 1. The van der Waals surface area contributed by atoms with Crippen molar-refractivity contribution in [2.45, 2.75) is 12.8 Å². The van der Waals surface area contributed by atoms with Crippen molar-refractivity contribution < 1.29 is 9.59 Å². The number of nitrogens with one attached hydrogen (secondary N) is 1. The average molecular weight is 438 g/mol. The summed E-state index contributed by atoms with van der Waals surface area (Å²) in [5.74, 6) is 0.445. The first-order valence-corrected chi connectivity index (χ1v) is 10.1. The lowest BCUT2D eigenvalue weighted by Gasteiger charge is -2.31. The van der Waals surface area contributed by atoms with Gasteiger partial charge in [-0.05, 0) is 55.3 Å². The first kappa shape index (κ1) is 18.6. The molecule has 142 valence electrons. The molecule has 28 heavy (non-hydrogen) atoms. The van der Waals surface area contributed by atoms with Crippen LogP contribution in [-0.4, -0.2) is 34.8 Å². The van der Waals surface area contributed by atoms with Crippen molar-refractivity contribution in [1.29, 1.82) is 0 Å². The minimum atomic E-state index is -0.109. The van der Waals surface area contributed by atoms with E-state index in [0.29, 0.717) is 37.3 Å². The monoisotopic (exact) mass is 437 g/mol. The number of hydrogen-bond acceptors (Lipinski definition) is 3. The molecular weight excluding hydrogens is 418 g/mol. The zero-order valence-electron chi connectivity index (χ0n) is 15.3. The fraction of sp³-hybridized carbons (Fsp3) is 0.227. The number of hydrogen-bond donors (Lipinski definition) is 1. The summed E-state index contributed by atoms with van der Waals surface area (Å²) in [6.07, 6.45) is 1.31. The standard InChI is InChI=1S/C22H20BrN3O2/c23-18-8-5-17(6-9-18)22(28)26-13-11-16(12-14-26)21(27)25-20-10-7-15-3-1-2-4-19(15)24-20/h1-10,16H,11-14H2,(H,24,25,27). The summed E-state index contributed by atoms with van der Waals surface area (Å²) >= 11 is 3.38. The molecule has 0 bridgehead atoms. The highest BCUT2D eigenvalue weighted by molar-refractivity contribution is 9.10. The number of anilines is 1. The van der Waals surface area contributed by atoms with E-state index < -0.39 is 0 Å². The Labute approximate surface area is 171 Å². The molecule has 1 fully saturated rings. The molecule has 0 saturated carbocycles. The van der Waals surface area contributed by atoms with Crippen LogP contribution in [0.25, 0.3) is 10.9 Å². The number of fused-ring (bicyclic) bond motifs is 1. The Morgan fingerprint density at radius 3 is 2.43 bits per heavy atom. The molecule has 2 heterocycles. The Morgan fingerprint density at radius 2 is 1.68 bits per heavy atom. The Morgan fingerprint density at radius 1 is 0.964 bits per heavy atom. The van der Waals surface area contributed by atoms with Gasteiger partial charge in [0.05, 0.1) is 5.52 Å². The van der Waals surface area contributed by atoms with Gasteiger partial charge in [-0.1, -0.05) is 34.1 Å². The number of carbonyl (C=O) groups is 2. The molecule has 1 N–H and O–H groups in total. The highest BCUT2D eigenvalue weighted by Gasteiger charge is 2.28. The third kappa shape index (κ3) is 4.07. The lowest BCUT2D eigenvalue weighted by atomic mass is 9.95. The predicted molar refractivity (Wildman–Crippen MR) is 113 cm³/mol. The number of aromatic nitrogens is 1. The van der Waals surface area contributed by atoms with Gasteiger partial charge in [0.25, 0.3) is 5.91 Å². The fourth-order valence-electron chi connectivity index (χ4n) is 3.48. The van der Waals surface area contributed by atoms with Crippen LogP contribution in [0.5, 0.6) is 0 Å². The van der Waals surface area contributed by atoms with Gasteiger partial charge >= 0.3 is 0 Å². The molecule has 2 aromatic carbocycles. The predicted octanol–water partition coefficient (Wildman–Crippen LogP) is 4.49. The van der Waals surface area contributed by atoms with Crippen LogP contribution in [0.4, 0.5) is 5.82 Å². The summed E-state index contributed by atoms with van der Waals surface area (Å²) in [6.45, 7) is 1.16. The summed E-state index contributed by atoms with van der Waals surface area (Å²) in [6, 6.07) is 19.0. The van der Waals surface area contributed by atoms with Gasteiger partial charge in [0.15, 0.2) is 0 Å². The van der Waals surface area contributed by atoms with Crippen molar-refractivity contribution in [2.75, 3.05) is 18.4 Å². The molecule has 6 heteroatoms. The number of piperidine rings is 1. The van der Waals surface area contributed by atoms with E-state index in [1.807, 2.05) is 65.6 Å².